The third-order valence-electron chi connectivity index (χ3n) is 3.36. The molecule has 3 nitrogen and oxygen atoms in total. The summed E-state index contributed by atoms with van der Waals surface area (Å²) in [5.74, 6) is -0.419. The van der Waals surface area contributed by atoms with E-state index in [1.165, 1.54) is 0 Å². The van der Waals surface area contributed by atoms with Crippen LogP contribution in [-0.4, -0.2) is 18.3 Å². The van der Waals surface area contributed by atoms with Crippen LogP contribution < -0.4 is 0 Å². The van der Waals surface area contributed by atoms with E-state index in [1.807, 2.05) is 54.6 Å². The first-order chi connectivity index (χ1) is 10.7. The van der Waals surface area contributed by atoms with Gasteiger partial charge in [-0.2, -0.15) is 0 Å². The molecule has 1 aliphatic rings. The summed E-state index contributed by atoms with van der Waals surface area (Å²) in [6, 6.07) is 15.1. The molecule has 0 fully saturated rings. The molecule has 0 radical (unpaired) electrons. The van der Waals surface area contributed by atoms with Gasteiger partial charge in [-0.15, -0.1) is 0 Å². The molecule has 22 heavy (non-hydrogen) atoms. The number of benzene rings is 2. The number of ether oxygens (including phenoxy) is 1. The van der Waals surface area contributed by atoms with E-state index in [0.29, 0.717) is 17.3 Å². The van der Waals surface area contributed by atoms with Crippen molar-refractivity contribution in [1.29, 1.82) is 0 Å². The van der Waals surface area contributed by atoms with Gasteiger partial charge in [0.1, 0.15) is 0 Å². The predicted molar refractivity (Wildman–Crippen MR) is 89.5 cm³/mol. The lowest BCUT2D eigenvalue weighted by atomic mass is 10.00. The summed E-state index contributed by atoms with van der Waals surface area (Å²) in [7, 11) is 0. The van der Waals surface area contributed by atoms with E-state index in [2.05, 4.69) is 4.99 Å². The Hall–Kier alpha value is -2.39. The molecule has 0 atom stereocenters. The van der Waals surface area contributed by atoms with E-state index in [0.717, 1.165) is 22.4 Å². The van der Waals surface area contributed by atoms with Gasteiger partial charge >= 0.3 is 5.97 Å². The van der Waals surface area contributed by atoms with Gasteiger partial charge in [-0.1, -0.05) is 48.0 Å². The second kappa shape index (κ2) is 6.16. The average molecular weight is 312 g/mol. The van der Waals surface area contributed by atoms with Crippen LogP contribution in [0.4, 0.5) is 5.69 Å². The fourth-order valence-corrected chi connectivity index (χ4v) is 2.55. The third kappa shape index (κ3) is 2.68. The number of para-hydroxylation sites is 1. The number of fused-ring (bicyclic) bond motifs is 1. The number of carbonyl (C=O) groups excluding carboxylic acids is 1. The highest BCUT2D eigenvalue weighted by Gasteiger charge is 2.27. The minimum atomic E-state index is -0.419. The van der Waals surface area contributed by atoms with Crippen LogP contribution in [0.2, 0.25) is 5.02 Å². The first kappa shape index (κ1) is 14.5. The molecule has 0 N–H and O–H groups in total. The van der Waals surface area contributed by atoms with Crippen LogP contribution in [0.3, 0.4) is 0 Å². The van der Waals surface area contributed by atoms with Crippen LogP contribution in [0.15, 0.2) is 53.5 Å². The van der Waals surface area contributed by atoms with Gasteiger partial charge < -0.3 is 4.74 Å². The molecule has 0 amide bonds. The number of hydrogen-bond donors (Lipinski definition) is 0. The Balaban J connectivity index is 2.12. The maximum atomic E-state index is 12.2. The Kier molecular flexibility index (Phi) is 4.07. The van der Waals surface area contributed by atoms with Gasteiger partial charge in [0.25, 0.3) is 0 Å². The van der Waals surface area contributed by atoms with Gasteiger partial charge in [0.05, 0.1) is 12.3 Å². The Morgan fingerprint density at radius 1 is 1.18 bits per heavy atom. The second-order valence-corrected chi connectivity index (χ2v) is 5.18. The molecule has 1 aliphatic heterocycles. The molecule has 0 unspecified atom stereocenters. The van der Waals surface area contributed by atoms with Gasteiger partial charge in [0.2, 0.25) is 0 Å². The minimum Gasteiger partial charge on any atom is -0.461 e. The molecule has 1 heterocycles. The zero-order chi connectivity index (χ0) is 15.5. The molecule has 0 aromatic heterocycles. The van der Waals surface area contributed by atoms with Crippen molar-refractivity contribution in [1.82, 2.24) is 0 Å². The number of esters is 1. The summed E-state index contributed by atoms with van der Waals surface area (Å²) >= 11 is 6.22. The van der Waals surface area contributed by atoms with Crippen LogP contribution in [0.5, 0.6) is 0 Å². The van der Waals surface area contributed by atoms with E-state index in [1.54, 1.807) is 6.92 Å². The molecule has 3 rings (SSSR count). The number of rotatable bonds is 3. The van der Waals surface area contributed by atoms with E-state index in [4.69, 9.17) is 16.3 Å². The van der Waals surface area contributed by atoms with Gasteiger partial charge in [0.15, 0.2) is 5.71 Å². The van der Waals surface area contributed by atoms with Gasteiger partial charge in [-0.3, -0.25) is 0 Å². The van der Waals surface area contributed by atoms with Gasteiger partial charge in [-0.05, 0) is 30.7 Å². The van der Waals surface area contributed by atoms with E-state index in [-0.39, 0.29) is 0 Å². The lowest BCUT2D eigenvalue weighted by molar-refractivity contribution is -0.134. The van der Waals surface area contributed by atoms with Crippen molar-refractivity contribution in [3.05, 3.63) is 64.7 Å². The topological polar surface area (TPSA) is 38.7 Å². The Bertz CT molecular complexity index is 793. The molecule has 0 saturated heterocycles. The van der Waals surface area contributed by atoms with E-state index in [9.17, 15) is 4.79 Å². The molecule has 0 spiro atoms. The number of hydrogen-bond acceptors (Lipinski definition) is 3. The Labute approximate surface area is 133 Å². The highest BCUT2D eigenvalue weighted by atomic mass is 35.5. The maximum absolute atomic E-state index is 12.2. The fraction of sp³-hybridized carbons (Fsp3) is 0.111. The summed E-state index contributed by atoms with van der Waals surface area (Å²) in [6.07, 6.45) is 1.88. The number of nitrogens with zero attached hydrogens (tertiary/aromatic N) is 1. The third-order valence-corrected chi connectivity index (χ3v) is 3.70. The molecule has 2 aromatic rings. The van der Waals surface area contributed by atoms with Gasteiger partial charge in [-0.25, -0.2) is 9.79 Å². The van der Waals surface area contributed by atoms with E-state index >= 15 is 0 Å². The molecule has 4 heteroatoms. The predicted octanol–water partition coefficient (Wildman–Crippen LogP) is 4.53. The van der Waals surface area contributed by atoms with Crippen LogP contribution in [0, 0.1) is 0 Å². The first-order valence-electron chi connectivity index (χ1n) is 7.02. The smallest absolute Gasteiger partial charge is 0.357 e. The number of aliphatic imine (C=N–C) groups is 1. The van der Waals surface area contributed by atoms with Crippen molar-refractivity contribution in [3.8, 4) is 0 Å². The maximum Gasteiger partial charge on any atom is 0.357 e. The zero-order valence-corrected chi connectivity index (χ0v) is 12.8. The average Bonchev–Trinajstić information content (AvgIpc) is 2.89. The van der Waals surface area contributed by atoms with Crippen LogP contribution >= 0.6 is 11.6 Å². The van der Waals surface area contributed by atoms with Crippen molar-refractivity contribution in [2.75, 3.05) is 6.61 Å². The highest BCUT2D eigenvalue weighted by Crippen LogP contribution is 2.36. The van der Waals surface area contributed by atoms with Crippen LogP contribution in [-0.2, 0) is 9.53 Å². The molecular weight excluding hydrogens is 298 g/mol. The summed E-state index contributed by atoms with van der Waals surface area (Å²) in [5, 5.41) is 0.627. The monoisotopic (exact) mass is 311 g/mol. The fourth-order valence-electron chi connectivity index (χ4n) is 2.36. The second-order valence-electron chi connectivity index (χ2n) is 4.78. The standard InChI is InChI=1S/C18H14ClNO2/c1-2-22-18(21)17-14(11-12-7-3-5-9-15(12)19)13-8-4-6-10-16(13)20-17/h3-11H,2H2,1H3/b14-11-. The Morgan fingerprint density at radius 3 is 2.68 bits per heavy atom. The largest absolute Gasteiger partial charge is 0.461 e. The number of halogens is 1. The summed E-state index contributed by atoms with van der Waals surface area (Å²) in [5.41, 5.74) is 3.58. The van der Waals surface area contributed by atoms with Crippen LogP contribution in [0.1, 0.15) is 18.1 Å². The van der Waals surface area contributed by atoms with Gasteiger partial charge in [0, 0.05) is 16.2 Å². The van der Waals surface area contributed by atoms with Crippen LogP contribution in [0.25, 0.3) is 11.6 Å². The first-order valence-corrected chi connectivity index (χ1v) is 7.40. The summed E-state index contributed by atoms with van der Waals surface area (Å²) in [6.45, 7) is 2.09. The minimum absolute atomic E-state index is 0.313. The molecule has 0 aliphatic carbocycles. The number of carbonyl (C=O) groups is 1. The van der Waals surface area contributed by atoms with Crippen molar-refractivity contribution < 1.29 is 9.53 Å². The molecule has 2 aromatic carbocycles. The zero-order valence-electron chi connectivity index (χ0n) is 12.0. The molecular formula is C18H14ClNO2. The Morgan fingerprint density at radius 2 is 1.91 bits per heavy atom. The highest BCUT2D eigenvalue weighted by molar-refractivity contribution is 6.58. The van der Waals surface area contributed by atoms with Crippen molar-refractivity contribution in [2.45, 2.75) is 6.92 Å². The summed E-state index contributed by atoms with van der Waals surface area (Å²) in [4.78, 5) is 16.6. The van der Waals surface area contributed by atoms with Crippen molar-refractivity contribution >= 4 is 40.6 Å². The normalized spacial score (nSPS) is 14.6. The molecule has 0 bridgehead atoms. The summed E-state index contributed by atoms with van der Waals surface area (Å²) < 4.78 is 5.11. The van der Waals surface area contributed by atoms with Crippen molar-refractivity contribution in [2.24, 2.45) is 4.99 Å². The molecule has 0 saturated carbocycles. The molecule has 110 valence electrons. The SMILES string of the molecule is CCOC(=O)C1=Nc2ccccc2/C1=C/c1ccccc1Cl. The van der Waals surface area contributed by atoms with E-state index < -0.39 is 5.97 Å². The quantitative estimate of drug-likeness (QED) is 0.781. The lowest BCUT2D eigenvalue weighted by Gasteiger charge is -2.06. The van der Waals surface area contributed by atoms with Crippen molar-refractivity contribution in [3.63, 3.8) is 0 Å². The lowest BCUT2D eigenvalue weighted by Crippen LogP contribution is -2.16.